The summed E-state index contributed by atoms with van der Waals surface area (Å²) in [4.78, 5) is 8.59. The van der Waals surface area contributed by atoms with Gasteiger partial charge in [0.25, 0.3) is 0 Å². The Morgan fingerprint density at radius 1 is 1.35 bits per heavy atom. The lowest BCUT2D eigenvalue weighted by Crippen LogP contribution is -2.36. The number of thiazole rings is 1. The molecule has 0 aliphatic heterocycles. The first-order valence-corrected chi connectivity index (χ1v) is 6.32. The quantitative estimate of drug-likeness (QED) is 0.870. The van der Waals surface area contributed by atoms with E-state index in [0.717, 1.165) is 16.4 Å². The van der Waals surface area contributed by atoms with Crippen molar-refractivity contribution in [3.8, 4) is 0 Å². The van der Waals surface area contributed by atoms with Gasteiger partial charge in [0.15, 0.2) is 0 Å². The molecule has 3 N–H and O–H groups in total. The third-order valence-corrected chi connectivity index (χ3v) is 3.69. The van der Waals surface area contributed by atoms with E-state index in [9.17, 15) is 0 Å². The number of pyridine rings is 1. The van der Waals surface area contributed by atoms with Gasteiger partial charge in [-0.3, -0.25) is 4.98 Å². The minimum Gasteiger partial charge on any atom is -0.397 e. The van der Waals surface area contributed by atoms with Crippen LogP contribution < -0.4 is 11.1 Å². The lowest BCUT2D eigenvalue weighted by Gasteiger charge is -2.23. The second kappa shape index (κ2) is 4.81. The monoisotopic (exact) mass is 248 g/mol. The van der Waals surface area contributed by atoms with Crippen LogP contribution in [0.1, 0.15) is 24.5 Å². The fourth-order valence-electron chi connectivity index (χ4n) is 1.51. The second-order valence-electron chi connectivity index (χ2n) is 4.36. The molecular weight excluding hydrogens is 232 g/mol. The first-order valence-electron chi connectivity index (χ1n) is 5.44. The Morgan fingerprint density at radius 2 is 2.18 bits per heavy atom. The molecule has 0 amide bonds. The van der Waals surface area contributed by atoms with Crippen LogP contribution in [0.5, 0.6) is 0 Å². The van der Waals surface area contributed by atoms with Crippen LogP contribution in [0.4, 0.5) is 5.69 Å². The molecule has 2 heterocycles. The number of rotatable bonds is 4. The van der Waals surface area contributed by atoms with Crippen molar-refractivity contribution in [3.05, 3.63) is 40.6 Å². The van der Waals surface area contributed by atoms with Crippen LogP contribution in [-0.4, -0.2) is 9.97 Å². The van der Waals surface area contributed by atoms with Gasteiger partial charge in [-0.25, -0.2) is 4.98 Å². The van der Waals surface area contributed by atoms with Gasteiger partial charge in [-0.15, -0.1) is 11.3 Å². The molecule has 4 nitrogen and oxygen atoms in total. The van der Waals surface area contributed by atoms with E-state index in [-0.39, 0.29) is 5.54 Å². The lowest BCUT2D eigenvalue weighted by molar-refractivity contribution is 0.397. The van der Waals surface area contributed by atoms with Crippen LogP contribution in [0.15, 0.2) is 29.9 Å². The van der Waals surface area contributed by atoms with E-state index in [1.54, 1.807) is 17.5 Å². The van der Waals surface area contributed by atoms with E-state index in [1.165, 1.54) is 0 Å². The Bertz CT molecular complexity index is 479. The highest BCUT2D eigenvalue weighted by molar-refractivity contribution is 7.09. The lowest BCUT2D eigenvalue weighted by atomic mass is 10.1. The zero-order chi connectivity index (χ0) is 12.3. The van der Waals surface area contributed by atoms with Crippen LogP contribution in [0.3, 0.4) is 0 Å². The normalized spacial score (nSPS) is 11.6. The molecule has 0 fully saturated rings. The Hall–Kier alpha value is -1.46. The first-order chi connectivity index (χ1) is 8.09. The summed E-state index contributed by atoms with van der Waals surface area (Å²) in [6, 6.07) is 3.70. The van der Waals surface area contributed by atoms with Gasteiger partial charge >= 0.3 is 0 Å². The van der Waals surface area contributed by atoms with Crippen molar-refractivity contribution in [1.82, 2.24) is 15.3 Å². The zero-order valence-corrected chi connectivity index (χ0v) is 10.8. The topological polar surface area (TPSA) is 63.8 Å². The van der Waals surface area contributed by atoms with Gasteiger partial charge in [-0.05, 0) is 26.0 Å². The molecule has 0 radical (unpaired) electrons. The third-order valence-electron chi connectivity index (χ3n) is 2.59. The Balaban J connectivity index is 2.06. The van der Waals surface area contributed by atoms with Gasteiger partial charge in [0.2, 0.25) is 0 Å². The average molecular weight is 248 g/mol. The van der Waals surface area contributed by atoms with Crippen LogP contribution in [0, 0.1) is 0 Å². The molecule has 0 aliphatic carbocycles. The molecule has 2 rings (SSSR count). The van der Waals surface area contributed by atoms with E-state index in [0.29, 0.717) is 6.54 Å². The maximum atomic E-state index is 5.85. The number of hydrogen-bond donors (Lipinski definition) is 2. The fraction of sp³-hybridized carbons (Fsp3) is 0.333. The molecule has 0 bridgehead atoms. The second-order valence-corrected chi connectivity index (χ2v) is 5.25. The van der Waals surface area contributed by atoms with Crippen molar-refractivity contribution < 1.29 is 0 Å². The standard InChI is InChI=1S/C12H16N4S/c1-12(2,11-15-6-7-17-11)16-8-10-9(13)4-3-5-14-10/h3-7,16H,8,13H2,1-2H3. The predicted octanol–water partition coefficient (Wildman–Crippen LogP) is 2.15. The van der Waals surface area contributed by atoms with E-state index in [1.807, 2.05) is 23.7 Å². The van der Waals surface area contributed by atoms with Gasteiger partial charge < -0.3 is 11.1 Å². The number of nitrogens with two attached hydrogens (primary N) is 1. The smallest absolute Gasteiger partial charge is 0.112 e. The highest BCUT2D eigenvalue weighted by atomic mass is 32.1. The summed E-state index contributed by atoms with van der Waals surface area (Å²) in [5.74, 6) is 0. The highest BCUT2D eigenvalue weighted by Gasteiger charge is 2.22. The third kappa shape index (κ3) is 2.81. The molecule has 5 heteroatoms. The minimum absolute atomic E-state index is 0.169. The SMILES string of the molecule is CC(C)(NCc1ncccc1N)c1nccs1. The van der Waals surface area contributed by atoms with Crippen molar-refractivity contribution >= 4 is 17.0 Å². The summed E-state index contributed by atoms with van der Waals surface area (Å²) in [7, 11) is 0. The summed E-state index contributed by atoms with van der Waals surface area (Å²) in [6.07, 6.45) is 3.57. The summed E-state index contributed by atoms with van der Waals surface area (Å²) in [5.41, 5.74) is 7.27. The molecule has 0 aliphatic rings. The maximum absolute atomic E-state index is 5.85. The van der Waals surface area contributed by atoms with Gasteiger partial charge in [0, 0.05) is 24.3 Å². The van der Waals surface area contributed by atoms with Crippen molar-refractivity contribution in [2.24, 2.45) is 0 Å². The largest absolute Gasteiger partial charge is 0.397 e. The molecule has 90 valence electrons. The summed E-state index contributed by atoms with van der Waals surface area (Å²) >= 11 is 1.64. The van der Waals surface area contributed by atoms with Crippen molar-refractivity contribution in [2.75, 3.05) is 5.73 Å². The van der Waals surface area contributed by atoms with E-state index in [2.05, 4.69) is 29.1 Å². The molecular formula is C12H16N4S. The van der Waals surface area contributed by atoms with Crippen LogP contribution >= 0.6 is 11.3 Å². The summed E-state index contributed by atoms with van der Waals surface area (Å²) in [6.45, 7) is 4.84. The number of nitrogens with zero attached hydrogens (tertiary/aromatic N) is 2. The van der Waals surface area contributed by atoms with Gasteiger partial charge in [-0.2, -0.15) is 0 Å². The molecule has 0 atom stereocenters. The molecule has 0 spiro atoms. The molecule has 0 aromatic carbocycles. The van der Waals surface area contributed by atoms with Crippen LogP contribution in [0.2, 0.25) is 0 Å². The number of aromatic nitrogens is 2. The Labute approximate surface area is 105 Å². The van der Waals surface area contributed by atoms with Gasteiger partial charge in [-0.1, -0.05) is 0 Å². The van der Waals surface area contributed by atoms with E-state index in [4.69, 9.17) is 5.73 Å². The minimum atomic E-state index is -0.169. The molecule has 2 aromatic rings. The first kappa shape index (κ1) is 12.0. The van der Waals surface area contributed by atoms with E-state index >= 15 is 0 Å². The number of anilines is 1. The summed E-state index contributed by atoms with van der Waals surface area (Å²) in [5, 5.41) is 6.47. The van der Waals surface area contributed by atoms with Gasteiger partial charge in [0.05, 0.1) is 16.9 Å². The Morgan fingerprint density at radius 3 is 2.82 bits per heavy atom. The molecule has 0 unspecified atom stereocenters. The molecule has 0 saturated carbocycles. The fourth-order valence-corrected chi connectivity index (χ4v) is 2.25. The summed E-state index contributed by atoms with van der Waals surface area (Å²) < 4.78 is 0. The van der Waals surface area contributed by atoms with Crippen molar-refractivity contribution in [3.63, 3.8) is 0 Å². The van der Waals surface area contributed by atoms with E-state index < -0.39 is 0 Å². The highest BCUT2D eigenvalue weighted by Crippen LogP contribution is 2.22. The average Bonchev–Trinajstić information content (AvgIpc) is 2.82. The molecule has 0 saturated heterocycles. The van der Waals surface area contributed by atoms with Crippen molar-refractivity contribution in [2.45, 2.75) is 25.9 Å². The van der Waals surface area contributed by atoms with Gasteiger partial charge in [0.1, 0.15) is 5.01 Å². The van der Waals surface area contributed by atoms with Crippen LogP contribution in [-0.2, 0) is 12.1 Å². The zero-order valence-electron chi connectivity index (χ0n) is 9.97. The number of nitrogen functional groups attached to an aromatic ring is 1. The predicted molar refractivity (Wildman–Crippen MR) is 70.6 cm³/mol. The van der Waals surface area contributed by atoms with Crippen LogP contribution in [0.25, 0.3) is 0 Å². The van der Waals surface area contributed by atoms with Crippen molar-refractivity contribution in [1.29, 1.82) is 0 Å². The maximum Gasteiger partial charge on any atom is 0.112 e. The Kier molecular flexibility index (Phi) is 3.40. The molecule has 2 aromatic heterocycles. The number of nitrogens with one attached hydrogen (secondary N) is 1. The molecule has 17 heavy (non-hydrogen) atoms. The number of hydrogen-bond acceptors (Lipinski definition) is 5.